The lowest BCUT2D eigenvalue weighted by molar-refractivity contribution is 0.0951. The van der Waals surface area contributed by atoms with Crippen molar-refractivity contribution in [2.75, 3.05) is 5.73 Å². The van der Waals surface area contributed by atoms with E-state index in [0.29, 0.717) is 17.8 Å². The largest absolute Gasteiger partial charge is 0.399 e. The quantitative estimate of drug-likeness (QED) is 0.848. The van der Waals surface area contributed by atoms with E-state index in [-0.39, 0.29) is 10.9 Å². The fourth-order valence-electron chi connectivity index (χ4n) is 1.62. The van der Waals surface area contributed by atoms with Crippen molar-refractivity contribution in [1.29, 1.82) is 0 Å². The summed E-state index contributed by atoms with van der Waals surface area (Å²) in [7, 11) is 0. The number of rotatable bonds is 3. The Kier molecular flexibility index (Phi) is 4.02. The molecule has 2 aromatic carbocycles. The molecule has 0 radical (unpaired) electrons. The smallest absolute Gasteiger partial charge is 0.251 e. The van der Waals surface area contributed by atoms with Gasteiger partial charge >= 0.3 is 0 Å². The van der Waals surface area contributed by atoms with Gasteiger partial charge in [0.05, 0.1) is 5.02 Å². The first kappa shape index (κ1) is 13.4. The average molecular weight is 279 g/mol. The first-order valence-corrected chi connectivity index (χ1v) is 6.02. The van der Waals surface area contributed by atoms with Crippen LogP contribution in [0.5, 0.6) is 0 Å². The van der Waals surface area contributed by atoms with E-state index in [1.807, 2.05) is 12.1 Å². The second kappa shape index (κ2) is 5.71. The zero-order valence-electron chi connectivity index (χ0n) is 9.99. The molecule has 5 heteroatoms. The zero-order chi connectivity index (χ0) is 13.8. The van der Waals surface area contributed by atoms with Crippen LogP contribution in [0.3, 0.4) is 0 Å². The Morgan fingerprint density at radius 1 is 1.26 bits per heavy atom. The Morgan fingerprint density at radius 2 is 2.05 bits per heavy atom. The maximum Gasteiger partial charge on any atom is 0.251 e. The Balaban J connectivity index is 2.03. The van der Waals surface area contributed by atoms with Crippen molar-refractivity contribution in [2.45, 2.75) is 6.54 Å². The highest BCUT2D eigenvalue weighted by Gasteiger charge is 2.08. The summed E-state index contributed by atoms with van der Waals surface area (Å²) in [5.41, 5.74) is 7.48. The van der Waals surface area contributed by atoms with Gasteiger partial charge in [0.15, 0.2) is 0 Å². The summed E-state index contributed by atoms with van der Waals surface area (Å²) in [5.74, 6) is -0.863. The molecule has 0 aromatic heterocycles. The van der Waals surface area contributed by atoms with Gasteiger partial charge in [0.25, 0.3) is 5.91 Å². The Morgan fingerprint density at radius 3 is 2.74 bits per heavy atom. The van der Waals surface area contributed by atoms with Crippen molar-refractivity contribution >= 4 is 23.2 Å². The van der Waals surface area contributed by atoms with E-state index in [1.165, 1.54) is 12.1 Å². The standard InChI is InChI=1S/C14H12ClFN2O/c15-12-7-10(4-5-13(12)16)14(19)18-8-9-2-1-3-11(17)6-9/h1-7H,8,17H2,(H,18,19). The molecule has 0 aliphatic heterocycles. The number of nitrogens with two attached hydrogens (primary N) is 1. The number of anilines is 1. The van der Waals surface area contributed by atoms with Gasteiger partial charge in [-0.1, -0.05) is 23.7 Å². The van der Waals surface area contributed by atoms with Crippen molar-refractivity contribution in [3.8, 4) is 0 Å². The topological polar surface area (TPSA) is 55.1 Å². The summed E-state index contributed by atoms with van der Waals surface area (Å²) >= 11 is 5.62. The van der Waals surface area contributed by atoms with Gasteiger partial charge in [-0.05, 0) is 35.9 Å². The van der Waals surface area contributed by atoms with Gasteiger partial charge in [0, 0.05) is 17.8 Å². The zero-order valence-corrected chi connectivity index (χ0v) is 10.7. The van der Waals surface area contributed by atoms with Crippen LogP contribution in [0.1, 0.15) is 15.9 Å². The van der Waals surface area contributed by atoms with Crippen molar-refractivity contribution in [1.82, 2.24) is 5.32 Å². The van der Waals surface area contributed by atoms with Crippen LogP contribution in [0.4, 0.5) is 10.1 Å². The fourth-order valence-corrected chi connectivity index (χ4v) is 1.81. The highest BCUT2D eigenvalue weighted by molar-refractivity contribution is 6.31. The van der Waals surface area contributed by atoms with Crippen LogP contribution in [0.15, 0.2) is 42.5 Å². The van der Waals surface area contributed by atoms with Crippen molar-refractivity contribution in [3.63, 3.8) is 0 Å². The number of amides is 1. The lowest BCUT2D eigenvalue weighted by atomic mass is 10.2. The molecule has 0 fully saturated rings. The van der Waals surface area contributed by atoms with E-state index in [1.54, 1.807) is 12.1 Å². The number of halogens is 2. The van der Waals surface area contributed by atoms with Crippen LogP contribution in [0.25, 0.3) is 0 Å². The van der Waals surface area contributed by atoms with Gasteiger partial charge in [0.1, 0.15) is 5.82 Å². The van der Waals surface area contributed by atoms with Gasteiger partial charge < -0.3 is 11.1 Å². The molecule has 0 unspecified atom stereocenters. The van der Waals surface area contributed by atoms with Crippen molar-refractivity contribution in [3.05, 3.63) is 64.4 Å². The number of nitrogen functional groups attached to an aromatic ring is 1. The number of carbonyl (C=O) groups excluding carboxylic acids is 1. The fraction of sp³-hybridized carbons (Fsp3) is 0.0714. The molecular weight excluding hydrogens is 267 g/mol. The lowest BCUT2D eigenvalue weighted by Crippen LogP contribution is -2.22. The molecule has 0 bridgehead atoms. The molecule has 1 amide bonds. The number of nitrogens with one attached hydrogen (secondary N) is 1. The van der Waals surface area contributed by atoms with Crippen LogP contribution in [-0.4, -0.2) is 5.91 Å². The third-order valence-electron chi connectivity index (χ3n) is 2.59. The molecule has 0 atom stereocenters. The molecule has 0 saturated heterocycles. The molecule has 3 nitrogen and oxygen atoms in total. The summed E-state index contributed by atoms with van der Waals surface area (Å²) in [4.78, 5) is 11.8. The maximum absolute atomic E-state index is 13.0. The molecule has 0 heterocycles. The van der Waals surface area contributed by atoms with Crippen LogP contribution in [0, 0.1) is 5.82 Å². The molecule has 0 spiro atoms. The van der Waals surface area contributed by atoms with E-state index >= 15 is 0 Å². The highest BCUT2D eigenvalue weighted by Crippen LogP contribution is 2.16. The summed E-state index contributed by atoms with van der Waals surface area (Å²) in [5, 5.41) is 2.64. The lowest BCUT2D eigenvalue weighted by Gasteiger charge is -2.06. The van der Waals surface area contributed by atoms with E-state index < -0.39 is 5.82 Å². The molecular formula is C14H12ClFN2O. The van der Waals surface area contributed by atoms with Crippen LogP contribution >= 0.6 is 11.6 Å². The minimum Gasteiger partial charge on any atom is -0.399 e. The first-order chi connectivity index (χ1) is 9.06. The summed E-state index contributed by atoms with van der Waals surface area (Å²) in [6.07, 6.45) is 0. The van der Waals surface area contributed by atoms with Crippen molar-refractivity contribution in [2.24, 2.45) is 0 Å². The second-order valence-corrected chi connectivity index (χ2v) is 4.46. The van der Waals surface area contributed by atoms with E-state index in [4.69, 9.17) is 17.3 Å². The maximum atomic E-state index is 13.0. The monoisotopic (exact) mass is 278 g/mol. The number of hydrogen-bond donors (Lipinski definition) is 2. The van der Waals surface area contributed by atoms with E-state index in [0.717, 1.165) is 11.6 Å². The van der Waals surface area contributed by atoms with Gasteiger partial charge in [-0.15, -0.1) is 0 Å². The predicted molar refractivity (Wildman–Crippen MR) is 73.4 cm³/mol. The van der Waals surface area contributed by atoms with Crippen LogP contribution in [0.2, 0.25) is 5.02 Å². The number of benzene rings is 2. The molecule has 98 valence electrons. The molecule has 3 N–H and O–H groups in total. The minimum absolute atomic E-state index is 0.0726. The Labute approximate surface area is 115 Å². The molecule has 19 heavy (non-hydrogen) atoms. The minimum atomic E-state index is -0.547. The van der Waals surface area contributed by atoms with Crippen LogP contribution < -0.4 is 11.1 Å². The van der Waals surface area contributed by atoms with Crippen LogP contribution in [-0.2, 0) is 6.54 Å². The van der Waals surface area contributed by atoms with Gasteiger partial charge in [-0.25, -0.2) is 4.39 Å². The number of carbonyl (C=O) groups is 1. The molecule has 2 rings (SSSR count). The van der Waals surface area contributed by atoms with Crippen molar-refractivity contribution < 1.29 is 9.18 Å². The summed E-state index contributed by atoms with van der Waals surface area (Å²) in [6, 6.07) is 11.1. The average Bonchev–Trinajstić information content (AvgIpc) is 2.39. The Bertz CT molecular complexity index is 616. The molecule has 0 aliphatic carbocycles. The third kappa shape index (κ3) is 3.45. The molecule has 0 aliphatic rings. The third-order valence-corrected chi connectivity index (χ3v) is 2.88. The normalized spacial score (nSPS) is 10.2. The number of hydrogen-bond acceptors (Lipinski definition) is 2. The Hall–Kier alpha value is -2.07. The second-order valence-electron chi connectivity index (χ2n) is 4.06. The molecule has 0 saturated carbocycles. The van der Waals surface area contributed by atoms with Gasteiger partial charge in [-0.3, -0.25) is 4.79 Å². The SMILES string of the molecule is Nc1cccc(CNC(=O)c2ccc(F)c(Cl)c2)c1. The molecule has 2 aromatic rings. The van der Waals surface area contributed by atoms with Gasteiger partial charge in [0.2, 0.25) is 0 Å². The highest BCUT2D eigenvalue weighted by atomic mass is 35.5. The first-order valence-electron chi connectivity index (χ1n) is 5.64. The van der Waals surface area contributed by atoms with Gasteiger partial charge in [-0.2, -0.15) is 0 Å². The van der Waals surface area contributed by atoms with E-state index in [2.05, 4.69) is 5.32 Å². The van der Waals surface area contributed by atoms with E-state index in [9.17, 15) is 9.18 Å². The summed E-state index contributed by atoms with van der Waals surface area (Å²) < 4.78 is 13.0. The predicted octanol–water partition coefficient (Wildman–Crippen LogP) is 2.99. The summed E-state index contributed by atoms with van der Waals surface area (Å²) in [6.45, 7) is 0.346.